The van der Waals surface area contributed by atoms with E-state index < -0.39 is 5.97 Å². The first-order chi connectivity index (χ1) is 9.47. The van der Waals surface area contributed by atoms with Gasteiger partial charge in [0.25, 0.3) is 0 Å². The smallest absolute Gasteiger partial charge is 0.337 e. The van der Waals surface area contributed by atoms with Crippen molar-refractivity contribution in [3.8, 4) is 0 Å². The second-order valence-corrected chi connectivity index (χ2v) is 4.68. The number of hydrogen-bond acceptors (Lipinski definition) is 3. The maximum atomic E-state index is 12.9. The zero-order valence-corrected chi connectivity index (χ0v) is 11.4. The lowest BCUT2D eigenvalue weighted by Gasteiger charge is -2.15. The van der Waals surface area contributed by atoms with E-state index in [2.05, 4.69) is 10.3 Å². The number of anilines is 1. The molecule has 0 saturated carbocycles. The topological polar surface area (TPSA) is 62.2 Å². The van der Waals surface area contributed by atoms with Crippen molar-refractivity contribution in [1.82, 2.24) is 4.98 Å². The summed E-state index contributed by atoms with van der Waals surface area (Å²) in [6.45, 7) is 1.87. The third kappa shape index (κ3) is 3.24. The number of carbonyl (C=O) groups is 1. The standard InChI is InChI=1S/C14H12ClFN2O2/c1-8(9-2-4-10(16)5-3-9)18-13-6-11(14(19)20)12(15)7-17-13/h2-8H,1H3,(H,17,18)(H,19,20). The summed E-state index contributed by atoms with van der Waals surface area (Å²) in [6, 6.07) is 7.26. The van der Waals surface area contributed by atoms with Crippen LogP contribution in [0, 0.1) is 5.82 Å². The van der Waals surface area contributed by atoms with E-state index in [1.165, 1.54) is 24.4 Å². The van der Waals surface area contributed by atoms with E-state index in [-0.39, 0.29) is 22.4 Å². The van der Waals surface area contributed by atoms with Gasteiger partial charge in [0.05, 0.1) is 10.6 Å². The van der Waals surface area contributed by atoms with Crippen LogP contribution in [-0.4, -0.2) is 16.1 Å². The minimum Gasteiger partial charge on any atom is -0.478 e. The molecule has 0 radical (unpaired) electrons. The van der Waals surface area contributed by atoms with Gasteiger partial charge in [0.2, 0.25) is 0 Å². The van der Waals surface area contributed by atoms with Gasteiger partial charge in [-0.05, 0) is 30.7 Å². The van der Waals surface area contributed by atoms with Gasteiger partial charge in [-0.15, -0.1) is 0 Å². The summed E-state index contributed by atoms with van der Waals surface area (Å²) in [5, 5.41) is 12.1. The van der Waals surface area contributed by atoms with Gasteiger partial charge in [-0.2, -0.15) is 0 Å². The Labute approximate surface area is 120 Å². The largest absolute Gasteiger partial charge is 0.478 e. The Morgan fingerprint density at radius 2 is 2.05 bits per heavy atom. The lowest BCUT2D eigenvalue weighted by atomic mass is 10.1. The third-order valence-corrected chi connectivity index (χ3v) is 3.12. The second kappa shape index (κ2) is 5.88. The lowest BCUT2D eigenvalue weighted by molar-refractivity contribution is 0.0697. The fourth-order valence-electron chi connectivity index (χ4n) is 1.74. The van der Waals surface area contributed by atoms with Crippen LogP contribution in [0.4, 0.5) is 10.2 Å². The highest BCUT2D eigenvalue weighted by molar-refractivity contribution is 6.33. The maximum absolute atomic E-state index is 12.9. The number of aromatic carboxylic acids is 1. The SMILES string of the molecule is CC(Nc1cc(C(=O)O)c(Cl)cn1)c1ccc(F)cc1. The van der Waals surface area contributed by atoms with Crippen molar-refractivity contribution in [3.05, 3.63) is 58.5 Å². The highest BCUT2D eigenvalue weighted by Gasteiger charge is 2.12. The lowest BCUT2D eigenvalue weighted by Crippen LogP contribution is -2.09. The van der Waals surface area contributed by atoms with Gasteiger partial charge in [-0.1, -0.05) is 23.7 Å². The minimum absolute atomic E-state index is 0.0181. The van der Waals surface area contributed by atoms with E-state index in [1.807, 2.05) is 6.92 Å². The number of nitrogens with zero attached hydrogens (tertiary/aromatic N) is 1. The molecule has 20 heavy (non-hydrogen) atoms. The van der Waals surface area contributed by atoms with Gasteiger partial charge >= 0.3 is 5.97 Å². The number of rotatable bonds is 4. The Kier molecular flexibility index (Phi) is 4.20. The van der Waals surface area contributed by atoms with E-state index in [9.17, 15) is 9.18 Å². The van der Waals surface area contributed by atoms with Crippen molar-refractivity contribution in [2.24, 2.45) is 0 Å². The molecular formula is C14H12ClFN2O2. The first-order valence-electron chi connectivity index (χ1n) is 5.88. The molecule has 2 aromatic rings. The van der Waals surface area contributed by atoms with Gasteiger partial charge in [0.15, 0.2) is 0 Å². The molecule has 0 aliphatic carbocycles. The van der Waals surface area contributed by atoms with Crippen molar-refractivity contribution in [2.75, 3.05) is 5.32 Å². The number of aromatic nitrogens is 1. The molecule has 2 rings (SSSR count). The highest BCUT2D eigenvalue weighted by atomic mass is 35.5. The van der Waals surface area contributed by atoms with Crippen molar-refractivity contribution in [2.45, 2.75) is 13.0 Å². The summed E-state index contributed by atoms with van der Waals surface area (Å²) < 4.78 is 12.9. The molecule has 0 bridgehead atoms. The molecule has 1 aromatic carbocycles. The van der Waals surface area contributed by atoms with Crippen LogP contribution in [0.1, 0.15) is 28.9 Å². The minimum atomic E-state index is -1.12. The normalized spacial score (nSPS) is 11.9. The summed E-state index contributed by atoms with van der Waals surface area (Å²) in [4.78, 5) is 15.0. The fourth-order valence-corrected chi connectivity index (χ4v) is 1.92. The number of carboxylic acids is 1. The Morgan fingerprint density at radius 1 is 1.40 bits per heavy atom. The van der Waals surface area contributed by atoms with Crippen LogP contribution >= 0.6 is 11.6 Å². The third-order valence-electron chi connectivity index (χ3n) is 2.82. The molecule has 0 aliphatic rings. The molecule has 1 aromatic heterocycles. The first-order valence-corrected chi connectivity index (χ1v) is 6.26. The van der Waals surface area contributed by atoms with Gasteiger partial charge in [-0.3, -0.25) is 0 Å². The number of pyridine rings is 1. The monoisotopic (exact) mass is 294 g/mol. The van der Waals surface area contributed by atoms with Crippen LogP contribution in [0.2, 0.25) is 5.02 Å². The predicted molar refractivity (Wildman–Crippen MR) is 74.6 cm³/mol. The zero-order chi connectivity index (χ0) is 14.7. The van der Waals surface area contributed by atoms with E-state index in [4.69, 9.17) is 16.7 Å². The van der Waals surface area contributed by atoms with Crippen LogP contribution in [0.25, 0.3) is 0 Å². The van der Waals surface area contributed by atoms with Gasteiger partial charge < -0.3 is 10.4 Å². The fraction of sp³-hybridized carbons (Fsp3) is 0.143. The first kappa shape index (κ1) is 14.3. The molecule has 6 heteroatoms. The van der Waals surface area contributed by atoms with E-state index >= 15 is 0 Å². The quantitative estimate of drug-likeness (QED) is 0.901. The van der Waals surface area contributed by atoms with Crippen molar-refractivity contribution in [3.63, 3.8) is 0 Å². The highest BCUT2D eigenvalue weighted by Crippen LogP contribution is 2.22. The van der Waals surface area contributed by atoms with Crippen molar-refractivity contribution in [1.29, 1.82) is 0 Å². The van der Waals surface area contributed by atoms with Crippen LogP contribution < -0.4 is 5.32 Å². The summed E-state index contributed by atoms with van der Waals surface area (Å²) in [5.41, 5.74) is 0.843. The van der Waals surface area contributed by atoms with Crippen LogP contribution in [0.3, 0.4) is 0 Å². The summed E-state index contributed by atoms with van der Waals surface area (Å²) in [6.07, 6.45) is 1.28. The summed E-state index contributed by atoms with van der Waals surface area (Å²) in [5.74, 6) is -1.03. The maximum Gasteiger partial charge on any atom is 0.337 e. The summed E-state index contributed by atoms with van der Waals surface area (Å²) in [7, 11) is 0. The van der Waals surface area contributed by atoms with Crippen LogP contribution in [0.5, 0.6) is 0 Å². The number of nitrogens with one attached hydrogen (secondary N) is 1. The van der Waals surface area contributed by atoms with Crippen LogP contribution in [0.15, 0.2) is 36.5 Å². The van der Waals surface area contributed by atoms with Gasteiger partial charge in [0.1, 0.15) is 11.6 Å². The Hall–Kier alpha value is -2.14. The molecule has 0 spiro atoms. The average Bonchev–Trinajstić information content (AvgIpc) is 2.41. The van der Waals surface area contributed by atoms with Crippen molar-refractivity contribution >= 4 is 23.4 Å². The number of halogens is 2. The summed E-state index contributed by atoms with van der Waals surface area (Å²) >= 11 is 5.75. The van der Waals surface area contributed by atoms with Gasteiger partial charge in [-0.25, -0.2) is 14.2 Å². The molecule has 2 N–H and O–H groups in total. The van der Waals surface area contributed by atoms with Gasteiger partial charge in [0, 0.05) is 12.2 Å². The number of carboxylic acid groups (broad SMARTS) is 1. The average molecular weight is 295 g/mol. The zero-order valence-electron chi connectivity index (χ0n) is 10.6. The molecule has 1 atom stereocenters. The molecule has 4 nitrogen and oxygen atoms in total. The molecule has 1 heterocycles. The molecule has 0 amide bonds. The Bertz CT molecular complexity index is 632. The molecule has 0 aliphatic heterocycles. The predicted octanol–water partition coefficient (Wildman–Crippen LogP) is 3.75. The van der Waals surface area contributed by atoms with Crippen molar-refractivity contribution < 1.29 is 14.3 Å². The number of hydrogen-bond donors (Lipinski definition) is 2. The molecule has 0 fully saturated rings. The Morgan fingerprint density at radius 3 is 2.65 bits per heavy atom. The molecule has 0 saturated heterocycles. The molecule has 1 unspecified atom stereocenters. The molecule has 104 valence electrons. The second-order valence-electron chi connectivity index (χ2n) is 4.27. The van der Waals surface area contributed by atoms with Crippen LogP contribution in [-0.2, 0) is 0 Å². The van der Waals surface area contributed by atoms with E-state index in [1.54, 1.807) is 12.1 Å². The van der Waals surface area contributed by atoms with E-state index in [0.29, 0.717) is 5.82 Å². The Balaban J connectivity index is 2.19. The number of benzene rings is 1. The molecular weight excluding hydrogens is 283 g/mol. The van der Waals surface area contributed by atoms with E-state index in [0.717, 1.165) is 5.56 Å².